The van der Waals surface area contributed by atoms with Crippen LogP contribution < -0.4 is 11.1 Å². The van der Waals surface area contributed by atoms with Crippen LogP contribution in [0.3, 0.4) is 0 Å². The molecule has 17 heavy (non-hydrogen) atoms. The molecule has 0 heterocycles. The van der Waals surface area contributed by atoms with Crippen molar-refractivity contribution in [2.45, 2.75) is 52.5 Å². The number of carbonyl (C=O) groups is 1. The van der Waals surface area contributed by atoms with Crippen molar-refractivity contribution in [1.29, 1.82) is 0 Å². The minimum atomic E-state index is -0.335. The first-order valence-electron chi connectivity index (χ1n) is 6.55. The average molecular weight is 256 g/mol. The van der Waals surface area contributed by atoms with Gasteiger partial charge in [0, 0.05) is 6.04 Å². The molecule has 4 heteroatoms. The van der Waals surface area contributed by atoms with E-state index in [0.717, 1.165) is 18.8 Å². The van der Waals surface area contributed by atoms with Gasteiger partial charge in [0.2, 0.25) is 5.91 Å². The summed E-state index contributed by atoms with van der Waals surface area (Å²) in [7, 11) is 0. The number of rotatable bonds is 7. The highest BCUT2D eigenvalue weighted by atomic mass is 32.1. The average Bonchev–Trinajstić information content (AvgIpc) is 2.99. The van der Waals surface area contributed by atoms with Crippen LogP contribution in [-0.4, -0.2) is 16.9 Å². The van der Waals surface area contributed by atoms with Crippen molar-refractivity contribution in [3.05, 3.63) is 0 Å². The van der Waals surface area contributed by atoms with Gasteiger partial charge in [0.1, 0.15) is 0 Å². The normalized spacial score (nSPS) is 18.8. The molecular formula is C13H24N2OS. The topological polar surface area (TPSA) is 55.1 Å². The third kappa shape index (κ3) is 4.62. The zero-order valence-electron chi connectivity index (χ0n) is 11.0. The number of hydrogen-bond donors (Lipinski definition) is 2. The van der Waals surface area contributed by atoms with Gasteiger partial charge in [-0.05, 0) is 24.7 Å². The Hall–Kier alpha value is -0.640. The summed E-state index contributed by atoms with van der Waals surface area (Å²) in [4.78, 5) is 12.4. The van der Waals surface area contributed by atoms with Crippen LogP contribution in [0.1, 0.15) is 46.5 Å². The molecule has 2 unspecified atom stereocenters. The van der Waals surface area contributed by atoms with Crippen LogP contribution in [0.15, 0.2) is 0 Å². The van der Waals surface area contributed by atoms with Crippen LogP contribution in [0.25, 0.3) is 0 Å². The molecule has 1 aliphatic rings. The van der Waals surface area contributed by atoms with E-state index in [9.17, 15) is 4.79 Å². The lowest BCUT2D eigenvalue weighted by molar-refractivity contribution is -0.124. The van der Waals surface area contributed by atoms with Gasteiger partial charge in [-0.15, -0.1) is 0 Å². The summed E-state index contributed by atoms with van der Waals surface area (Å²) >= 11 is 4.98. The van der Waals surface area contributed by atoms with E-state index in [4.69, 9.17) is 18.0 Å². The number of nitrogens with one attached hydrogen (secondary N) is 1. The van der Waals surface area contributed by atoms with E-state index in [2.05, 4.69) is 12.2 Å². The second kappa shape index (κ2) is 6.34. The summed E-state index contributed by atoms with van der Waals surface area (Å²) in [5.41, 5.74) is 5.64. The first-order valence-corrected chi connectivity index (χ1v) is 6.96. The monoisotopic (exact) mass is 256 g/mol. The van der Waals surface area contributed by atoms with Crippen molar-refractivity contribution in [3.8, 4) is 0 Å². The van der Waals surface area contributed by atoms with Crippen LogP contribution in [-0.2, 0) is 4.79 Å². The number of nitrogens with two attached hydrogens (primary N) is 1. The number of thiocarbonyl (C=S) groups is 1. The standard InChI is InChI=1S/C13H24N2OS/c1-4-10(7-9-5-6-9)15-13(16)11(8(2)3)12(14)17/h8-11H,4-7H2,1-3H3,(H2,14,17)(H,15,16). The molecular weight excluding hydrogens is 232 g/mol. The third-order valence-corrected chi connectivity index (χ3v) is 3.66. The second-order valence-electron chi connectivity index (χ2n) is 5.42. The van der Waals surface area contributed by atoms with E-state index in [1.54, 1.807) is 0 Å². The van der Waals surface area contributed by atoms with Crippen LogP contribution >= 0.6 is 12.2 Å². The van der Waals surface area contributed by atoms with Crippen molar-refractivity contribution in [1.82, 2.24) is 5.32 Å². The molecule has 0 aliphatic heterocycles. The molecule has 1 aliphatic carbocycles. The van der Waals surface area contributed by atoms with Gasteiger partial charge in [-0.25, -0.2) is 0 Å². The lowest BCUT2D eigenvalue weighted by Crippen LogP contribution is -2.45. The highest BCUT2D eigenvalue weighted by molar-refractivity contribution is 7.80. The summed E-state index contributed by atoms with van der Waals surface area (Å²) in [6.07, 6.45) is 4.71. The molecule has 0 aromatic carbocycles. The predicted molar refractivity (Wildman–Crippen MR) is 74.7 cm³/mol. The van der Waals surface area contributed by atoms with Crippen LogP contribution in [0.4, 0.5) is 0 Å². The van der Waals surface area contributed by atoms with Crippen molar-refractivity contribution < 1.29 is 4.79 Å². The highest BCUT2D eigenvalue weighted by Gasteiger charge is 2.29. The van der Waals surface area contributed by atoms with Gasteiger partial charge in [-0.3, -0.25) is 4.79 Å². The zero-order chi connectivity index (χ0) is 13.0. The summed E-state index contributed by atoms with van der Waals surface area (Å²) in [5, 5.41) is 3.09. The van der Waals surface area contributed by atoms with E-state index in [-0.39, 0.29) is 23.8 Å². The molecule has 1 saturated carbocycles. The van der Waals surface area contributed by atoms with Crippen LogP contribution in [0.5, 0.6) is 0 Å². The number of carbonyl (C=O) groups excluding carboxylic acids is 1. The highest BCUT2D eigenvalue weighted by Crippen LogP contribution is 2.34. The second-order valence-corrected chi connectivity index (χ2v) is 5.89. The fourth-order valence-electron chi connectivity index (χ4n) is 2.14. The van der Waals surface area contributed by atoms with E-state index in [1.807, 2.05) is 13.8 Å². The molecule has 0 bridgehead atoms. The largest absolute Gasteiger partial charge is 0.393 e. The molecule has 1 amide bonds. The Balaban J connectivity index is 2.51. The molecule has 0 spiro atoms. The van der Waals surface area contributed by atoms with E-state index in [1.165, 1.54) is 12.8 Å². The smallest absolute Gasteiger partial charge is 0.230 e. The lowest BCUT2D eigenvalue weighted by atomic mass is 9.94. The Morgan fingerprint density at radius 3 is 2.41 bits per heavy atom. The van der Waals surface area contributed by atoms with Gasteiger partial charge in [0.15, 0.2) is 0 Å². The molecule has 0 aromatic heterocycles. The van der Waals surface area contributed by atoms with Crippen molar-refractivity contribution >= 4 is 23.1 Å². The van der Waals surface area contributed by atoms with E-state index < -0.39 is 0 Å². The molecule has 0 aromatic rings. The molecule has 0 saturated heterocycles. The maximum Gasteiger partial charge on any atom is 0.230 e. The Morgan fingerprint density at radius 1 is 1.47 bits per heavy atom. The van der Waals surface area contributed by atoms with Gasteiger partial charge in [0.05, 0.1) is 10.9 Å². The molecule has 0 radical (unpaired) electrons. The fraction of sp³-hybridized carbons (Fsp3) is 0.846. The Bertz CT molecular complexity index is 287. The summed E-state index contributed by atoms with van der Waals surface area (Å²) in [5.74, 6) is 0.645. The summed E-state index contributed by atoms with van der Waals surface area (Å²) in [6.45, 7) is 6.06. The first kappa shape index (κ1) is 14.4. The van der Waals surface area contributed by atoms with Gasteiger partial charge in [0.25, 0.3) is 0 Å². The summed E-state index contributed by atoms with van der Waals surface area (Å²) < 4.78 is 0. The molecule has 3 N–H and O–H groups in total. The van der Waals surface area contributed by atoms with Gasteiger partial charge in [-0.1, -0.05) is 45.8 Å². The minimum absolute atomic E-state index is 0.000000000000000222. The SMILES string of the molecule is CCC(CC1CC1)NC(=O)C(C(N)=S)C(C)C. The lowest BCUT2D eigenvalue weighted by Gasteiger charge is -2.23. The minimum Gasteiger partial charge on any atom is -0.393 e. The van der Waals surface area contributed by atoms with Crippen molar-refractivity contribution in [2.24, 2.45) is 23.5 Å². The Kier molecular flexibility index (Phi) is 5.37. The van der Waals surface area contributed by atoms with E-state index >= 15 is 0 Å². The zero-order valence-corrected chi connectivity index (χ0v) is 11.8. The van der Waals surface area contributed by atoms with Crippen molar-refractivity contribution in [2.75, 3.05) is 0 Å². The molecule has 3 nitrogen and oxygen atoms in total. The molecule has 1 fully saturated rings. The third-order valence-electron chi connectivity index (χ3n) is 3.41. The van der Waals surface area contributed by atoms with Crippen molar-refractivity contribution in [3.63, 3.8) is 0 Å². The molecule has 1 rings (SSSR count). The molecule has 98 valence electrons. The van der Waals surface area contributed by atoms with Gasteiger partial charge >= 0.3 is 0 Å². The first-order chi connectivity index (χ1) is 7.95. The Labute approximate surface area is 110 Å². The van der Waals surface area contributed by atoms with Crippen LogP contribution in [0.2, 0.25) is 0 Å². The Morgan fingerprint density at radius 2 is 2.06 bits per heavy atom. The predicted octanol–water partition coefficient (Wildman–Crippen LogP) is 2.24. The van der Waals surface area contributed by atoms with Gasteiger partial charge in [-0.2, -0.15) is 0 Å². The number of hydrogen-bond acceptors (Lipinski definition) is 2. The quantitative estimate of drug-likeness (QED) is 0.687. The van der Waals surface area contributed by atoms with Crippen LogP contribution in [0, 0.1) is 17.8 Å². The fourth-order valence-corrected chi connectivity index (χ4v) is 2.51. The van der Waals surface area contributed by atoms with Gasteiger partial charge < -0.3 is 11.1 Å². The summed E-state index contributed by atoms with van der Waals surface area (Å²) in [6, 6.07) is 0.283. The number of amides is 1. The molecule has 2 atom stereocenters. The maximum atomic E-state index is 12.1. The maximum absolute atomic E-state index is 12.1. The van der Waals surface area contributed by atoms with E-state index in [0.29, 0.717) is 4.99 Å².